The van der Waals surface area contributed by atoms with E-state index in [1.807, 2.05) is 28.8 Å². The van der Waals surface area contributed by atoms with Crippen LogP contribution in [0, 0.1) is 11.3 Å². The van der Waals surface area contributed by atoms with Crippen LogP contribution in [0.15, 0.2) is 55.0 Å². The van der Waals surface area contributed by atoms with Gasteiger partial charge in [-0.05, 0) is 87.9 Å². The summed E-state index contributed by atoms with van der Waals surface area (Å²) in [5.74, 6) is 0.0920. The Balaban J connectivity index is 1.62. The Labute approximate surface area is 264 Å². The first-order valence-electron chi connectivity index (χ1n) is 15.3. The van der Waals surface area contributed by atoms with Crippen molar-refractivity contribution in [3.8, 4) is 17.3 Å². The summed E-state index contributed by atoms with van der Waals surface area (Å²) in [5.41, 5.74) is 3.71. The molecule has 1 aromatic carbocycles. The minimum atomic E-state index is -1.40. The molecular weight excluding hydrogens is 584 g/mol. The topological polar surface area (TPSA) is 134 Å². The highest BCUT2D eigenvalue weighted by Gasteiger charge is 2.31. The molecule has 1 aliphatic carbocycles. The minimum absolute atomic E-state index is 0.0132. The number of benzene rings is 1. The van der Waals surface area contributed by atoms with E-state index in [1.165, 1.54) is 11.1 Å². The van der Waals surface area contributed by atoms with Gasteiger partial charge in [-0.15, -0.1) is 0 Å². The summed E-state index contributed by atoms with van der Waals surface area (Å²) in [6.07, 6.45) is 5.43. The number of imidazole rings is 1. The molecular formula is C34H40N6O4Si. The number of nitrogens with zero attached hydrogens (tertiary/aromatic N) is 6. The van der Waals surface area contributed by atoms with E-state index in [4.69, 9.17) is 9.72 Å². The zero-order valence-corrected chi connectivity index (χ0v) is 27.7. The maximum atomic E-state index is 13.7. The number of hydrogen-bond donors (Lipinski definition) is 1. The van der Waals surface area contributed by atoms with Crippen molar-refractivity contribution in [2.75, 3.05) is 4.90 Å². The van der Waals surface area contributed by atoms with E-state index < -0.39 is 25.7 Å². The Morgan fingerprint density at radius 2 is 1.87 bits per heavy atom. The molecule has 1 amide bonds. The molecule has 1 unspecified atom stereocenters. The lowest BCUT2D eigenvalue weighted by atomic mass is 10.0. The van der Waals surface area contributed by atoms with E-state index in [1.54, 1.807) is 39.2 Å². The average Bonchev–Trinajstić information content (AvgIpc) is 3.73. The number of rotatable bonds is 10. The molecule has 3 heterocycles. The van der Waals surface area contributed by atoms with Gasteiger partial charge in [-0.1, -0.05) is 31.8 Å². The van der Waals surface area contributed by atoms with Crippen molar-refractivity contribution in [2.45, 2.75) is 89.7 Å². The minimum Gasteiger partial charge on any atom is -0.481 e. The SMILES string of the molecule is CC(C)(C)OC(=O)N(c1cc(C#N)ccn1)c1cc(C2CC2)cc(-c2ccc3ncn(C(CC[Si](C)(C)C)CC(=O)O)c3c2)n1. The maximum Gasteiger partial charge on any atom is 0.421 e. The van der Waals surface area contributed by atoms with Gasteiger partial charge in [0.05, 0.1) is 41.1 Å². The lowest BCUT2D eigenvalue weighted by molar-refractivity contribution is -0.137. The fraction of sp³-hybridized carbons (Fsp3) is 0.412. The highest BCUT2D eigenvalue weighted by molar-refractivity contribution is 6.76. The molecule has 10 nitrogen and oxygen atoms in total. The zero-order chi connectivity index (χ0) is 32.5. The summed E-state index contributed by atoms with van der Waals surface area (Å²) < 4.78 is 7.77. The third-order valence-corrected chi connectivity index (χ3v) is 9.48. The smallest absolute Gasteiger partial charge is 0.421 e. The fourth-order valence-electron chi connectivity index (χ4n) is 5.29. The van der Waals surface area contributed by atoms with Crippen molar-refractivity contribution in [3.05, 3.63) is 66.1 Å². The van der Waals surface area contributed by atoms with Crippen LogP contribution in [0.4, 0.5) is 16.4 Å². The van der Waals surface area contributed by atoms with Gasteiger partial charge in [0.2, 0.25) is 0 Å². The van der Waals surface area contributed by atoms with Crippen molar-refractivity contribution < 1.29 is 19.4 Å². The Kier molecular flexibility index (Phi) is 8.80. The molecule has 1 aliphatic rings. The van der Waals surface area contributed by atoms with E-state index in [2.05, 4.69) is 41.7 Å². The molecule has 1 N–H and O–H groups in total. The molecule has 0 aliphatic heterocycles. The van der Waals surface area contributed by atoms with Crippen LogP contribution in [0.3, 0.4) is 0 Å². The molecule has 1 saturated carbocycles. The number of pyridine rings is 2. The Morgan fingerprint density at radius 3 is 2.51 bits per heavy atom. The van der Waals surface area contributed by atoms with Gasteiger partial charge in [0.15, 0.2) is 0 Å². The molecule has 11 heteroatoms. The summed E-state index contributed by atoms with van der Waals surface area (Å²) in [6.45, 7) is 12.2. The third-order valence-electron chi connectivity index (χ3n) is 7.69. The number of anilines is 2. The fourth-order valence-corrected chi connectivity index (χ4v) is 6.49. The second-order valence-electron chi connectivity index (χ2n) is 14.0. The van der Waals surface area contributed by atoms with Gasteiger partial charge >= 0.3 is 12.1 Å². The largest absolute Gasteiger partial charge is 0.481 e. The van der Waals surface area contributed by atoms with Gasteiger partial charge in [0.1, 0.15) is 17.2 Å². The number of fused-ring (bicyclic) bond motifs is 1. The van der Waals surface area contributed by atoms with Crippen LogP contribution in [0.25, 0.3) is 22.3 Å². The normalized spacial score (nSPS) is 14.2. The quantitative estimate of drug-likeness (QED) is 0.175. The number of aromatic nitrogens is 4. The Bertz CT molecular complexity index is 1780. The van der Waals surface area contributed by atoms with Crippen LogP contribution in [-0.2, 0) is 9.53 Å². The second-order valence-corrected chi connectivity index (χ2v) is 19.6. The summed E-state index contributed by atoms with van der Waals surface area (Å²) in [6, 6.07) is 15.8. The number of carbonyl (C=O) groups excluding carboxylic acids is 1. The number of aliphatic carboxylic acids is 1. The zero-order valence-electron chi connectivity index (χ0n) is 26.7. The van der Waals surface area contributed by atoms with Crippen molar-refractivity contribution in [2.24, 2.45) is 0 Å². The van der Waals surface area contributed by atoms with Gasteiger partial charge in [-0.2, -0.15) is 5.26 Å². The van der Waals surface area contributed by atoms with Crippen molar-refractivity contribution in [1.82, 2.24) is 19.5 Å². The van der Waals surface area contributed by atoms with Crippen LogP contribution < -0.4 is 4.90 Å². The third kappa shape index (κ3) is 7.94. The van der Waals surface area contributed by atoms with E-state index in [0.717, 1.165) is 47.5 Å². The van der Waals surface area contributed by atoms with Gasteiger partial charge in [0, 0.05) is 25.9 Å². The van der Waals surface area contributed by atoms with Crippen LogP contribution in [-0.4, -0.2) is 50.4 Å². The molecule has 0 bridgehead atoms. The molecule has 0 spiro atoms. The molecule has 4 aromatic rings. The van der Waals surface area contributed by atoms with Gasteiger partial charge in [-0.25, -0.2) is 24.6 Å². The molecule has 234 valence electrons. The molecule has 45 heavy (non-hydrogen) atoms. The first kappa shape index (κ1) is 31.8. The molecule has 1 fully saturated rings. The van der Waals surface area contributed by atoms with Crippen molar-refractivity contribution >= 4 is 42.8 Å². The van der Waals surface area contributed by atoms with E-state index in [9.17, 15) is 20.0 Å². The lowest BCUT2D eigenvalue weighted by Gasteiger charge is -2.27. The van der Waals surface area contributed by atoms with Gasteiger partial charge < -0.3 is 14.4 Å². The van der Waals surface area contributed by atoms with Crippen LogP contribution in [0.1, 0.15) is 69.5 Å². The Hall–Kier alpha value is -4.56. The first-order chi connectivity index (χ1) is 21.2. The number of carbonyl (C=O) groups is 2. The summed E-state index contributed by atoms with van der Waals surface area (Å²) in [5, 5.41) is 19.3. The summed E-state index contributed by atoms with van der Waals surface area (Å²) >= 11 is 0. The molecule has 1 atom stereocenters. The summed E-state index contributed by atoms with van der Waals surface area (Å²) in [7, 11) is -1.40. The van der Waals surface area contributed by atoms with Crippen LogP contribution in [0.5, 0.6) is 0 Å². The Morgan fingerprint density at radius 1 is 1.11 bits per heavy atom. The standard InChI is InChI=1S/C34H40N6O4Si/c1-34(2,3)44-33(43)40(30-15-22(20-35)11-13-36-30)31-18-25(23-7-8-23)16-28(38-31)24-9-10-27-29(17-24)39(21-37-27)26(19-32(41)42)12-14-45(4,5)6/h9-11,13,15-18,21,23,26H,7-8,12,14,19H2,1-6H3,(H,41,42). The van der Waals surface area contributed by atoms with Gasteiger partial charge in [0.25, 0.3) is 0 Å². The van der Waals surface area contributed by atoms with Crippen molar-refractivity contribution in [3.63, 3.8) is 0 Å². The average molecular weight is 625 g/mol. The van der Waals surface area contributed by atoms with E-state index >= 15 is 0 Å². The summed E-state index contributed by atoms with van der Waals surface area (Å²) in [4.78, 5) is 40.8. The monoisotopic (exact) mass is 624 g/mol. The number of carboxylic acid groups (broad SMARTS) is 1. The highest BCUT2D eigenvalue weighted by Crippen LogP contribution is 2.43. The van der Waals surface area contributed by atoms with Gasteiger partial charge in [-0.3, -0.25) is 4.79 Å². The maximum absolute atomic E-state index is 13.7. The molecule has 3 aromatic heterocycles. The van der Waals surface area contributed by atoms with E-state index in [0.29, 0.717) is 23.0 Å². The predicted molar refractivity (Wildman–Crippen MR) is 176 cm³/mol. The lowest BCUT2D eigenvalue weighted by Crippen LogP contribution is -2.35. The predicted octanol–water partition coefficient (Wildman–Crippen LogP) is 8.06. The molecule has 0 radical (unpaired) electrons. The number of amides is 1. The number of carboxylic acids is 1. The van der Waals surface area contributed by atoms with Crippen molar-refractivity contribution in [1.29, 1.82) is 5.26 Å². The van der Waals surface area contributed by atoms with Crippen LogP contribution in [0.2, 0.25) is 25.7 Å². The number of ether oxygens (including phenoxy) is 1. The number of hydrogen-bond acceptors (Lipinski definition) is 7. The second kappa shape index (κ2) is 12.4. The number of nitriles is 1. The first-order valence-corrected chi connectivity index (χ1v) is 19.0. The molecule has 0 saturated heterocycles. The molecule has 5 rings (SSSR count). The van der Waals surface area contributed by atoms with Crippen LogP contribution >= 0.6 is 0 Å². The highest BCUT2D eigenvalue weighted by atomic mass is 28.3. The van der Waals surface area contributed by atoms with E-state index in [-0.39, 0.29) is 18.3 Å².